The zero-order chi connectivity index (χ0) is 22.5. The molecular formula is C24H27ClN2O4. The molecular weight excluding hydrogens is 416 g/mol. The molecule has 1 amide bonds. The molecule has 0 aliphatic heterocycles. The molecule has 31 heavy (non-hydrogen) atoms. The van der Waals surface area contributed by atoms with Gasteiger partial charge in [0.05, 0.1) is 26.3 Å². The van der Waals surface area contributed by atoms with E-state index < -0.39 is 0 Å². The Morgan fingerprint density at radius 1 is 1.03 bits per heavy atom. The Labute approximate surface area is 187 Å². The van der Waals surface area contributed by atoms with E-state index >= 15 is 0 Å². The van der Waals surface area contributed by atoms with Crippen molar-refractivity contribution in [3.8, 4) is 11.5 Å². The minimum atomic E-state index is -0.175. The number of hydrogen-bond donors (Lipinski definition) is 0. The molecule has 0 spiro atoms. The van der Waals surface area contributed by atoms with Gasteiger partial charge in [0, 0.05) is 42.8 Å². The van der Waals surface area contributed by atoms with Crippen LogP contribution in [0, 0.1) is 13.8 Å². The summed E-state index contributed by atoms with van der Waals surface area (Å²) in [6.07, 6.45) is 0. The molecule has 164 valence electrons. The summed E-state index contributed by atoms with van der Waals surface area (Å²) in [4.78, 5) is 19.7. The summed E-state index contributed by atoms with van der Waals surface area (Å²) >= 11 is 6.53. The van der Waals surface area contributed by atoms with Crippen molar-refractivity contribution < 1.29 is 19.0 Å². The molecule has 2 aromatic carbocycles. The lowest BCUT2D eigenvalue weighted by atomic mass is 10.0. The summed E-state index contributed by atoms with van der Waals surface area (Å²) < 4.78 is 15.8. The van der Waals surface area contributed by atoms with Crippen molar-refractivity contribution in [2.24, 2.45) is 0 Å². The first-order chi connectivity index (χ1) is 14.9. The lowest BCUT2D eigenvalue weighted by Crippen LogP contribution is -2.33. The molecule has 0 N–H and O–H groups in total. The van der Waals surface area contributed by atoms with E-state index in [0.29, 0.717) is 41.9 Å². The molecule has 0 saturated heterocycles. The second kappa shape index (κ2) is 9.98. The fraction of sp³-hybridized carbons (Fsp3) is 0.333. The first-order valence-electron chi connectivity index (χ1n) is 9.94. The molecule has 3 aromatic rings. The van der Waals surface area contributed by atoms with Crippen LogP contribution in [0.5, 0.6) is 11.5 Å². The molecule has 0 unspecified atom stereocenters. The van der Waals surface area contributed by atoms with Gasteiger partial charge in [0.25, 0.3) is 5.91 Å². The SMILES string of the molecule is COCCN(Cc1cc2ccc(C)c(C)c2nc1Cl)C(=O)c1cc(OC)cc(OC)c1. The van der Waals surface area contributed by atoms with Crippen molar-refractivity contribution >= 4 is 28.4 Å². The maximum absolute atomic E-state index is 13.4. The van der Waals surface area contributed by atoms with Crippen molar-refractivity contribution in [2.75, 3.05) is 34.5 Å². The largest absolute Gasteiger partial charge is 0.497 e. The number of fused-ring (bicyclic) bond motifs is 1. The van der Waals surface area contributed by atoms with Gasteiger partial charge in [-0.3, -0.25) is 4.79 Å². The summed E-state index contributed by atoms with van der Waals surface area (Å²) in [6, 6.07) is 11.2. The van der Waals surface area contributed by atoms with E-state index in [4.69, 9.17) is 25.8 Å². The van der Waals surface area contributed by atoms with E-state index in [2.05, 4.69) is 11.1 Å². The van der Waals surface area contributed by atoms with Gasteiger partial charge in [0.15, 0.2) is 0 Å². The minimum absolute atomic E-state index is 0.175. The number of halogens is 1. The van der Waals surface area contributed by atoms with E-state index in [-0.39, 0.29) is 5.91 Å². The minimum Gasteiger partial charge on any atom is -0.497 e. The fourth-order valence-corrected chi connectivity index (χ4v) is 3.59. The Morgan fingerprint density at radius 2 is 1.71 bits per heavy atom. The highest BCUT2D eigenvalue weighted by Crippen LogP contribution is 2.27. The first kappa shape index (κ1) is 22.8. The number of nitrogens with zero attached hydrogens (tertiary/aromatic N) is 2. The number of aromatic nitrogens is 1. The molecule has 0 aliphatic rings. The Bertz CT molecular complexity index is 1080. The highest BCUT2D eigenvalue weighted by atomic mass is 35.5. The molecule has 1 aromatic heterocycles. The normalized spacial score (nSPS) is 10.9. The van der Waals surface area contributed by atoms with E-state index in [1.807, 2.05) is 26.0 Å². The van der Waals surface area contributed by atoms with Gasteiger partial charge in [-0.05, 0) is 43.2 Å². The van der Waals surface area contributed by atoms with Gasteiger partial charge in [-0.1, -0.05) is 23.7 Å². The first-order valence-corrected chi connectivity index (χ1v) is 10.3. The average Bonchev–Trinajstić information content (AvgIpc) is 2.79. The zero-order valence-corrected chi connectivity index (χ0v) is 19.2. The predicted molar refractivity (Wildman–Crippen MR) is 122 cm³/mol. The predicted octanol–water partition coefficient (Wildman–Crippen LogP) is 4.81. The number of rotatable bonds is 8. The third-order valence-corrected chi connectivity index (χ3v) is 5.68. The Hall–Kier alpha value is -2.83. The van der Waals surface area contributed by atoms with Crippen molar-refractivity contribution in [3.63, 3.8) is 0 Å². The van der Waals surface area contributed by atoms with Crippen molar-refractivity contribution in [3.05, 3.63) is 63.8 Å². The van der Waals surface area contributed by atoms with Crippen LogP contribution in [0.3, 0.4) is 0 Å². The number of hydrogen-bond acceptors (Lipinski definition) is 5. The number of pyridine rings is 1. The van der Waals surface area contributed by atoms with Crippen LogP contribution in [-0.2, 0) is 11.3 Å². The van der Waals surface area contributed by atoms with Crippen LogP contribution in [0.25, 0.3) is 10.9 Å². The summed E-state index contributed by atoms with van der Waals surface area (Å²) in [7, 11) is 4.71. The van der Waals surface area contributed by atoms with Gasteiger partial charge in [-0.2, -0.15) is 0 Å². The van der Waals surface area contributed by atoms with Crippen LogP contribution in [0.2, 0.25) is 5.15 Å². The van der Waals surface area contributed by atoms with Crippen LogP contribution in [0.15, 0.2) is 36.4 Å². The van der Waals surface area contributed by atoms with Crippen molar-refractivity contribution in [1.29, 1.82) is 0 Å². The molecule has 0 radical (unpaired) electrons. The molecule has 6 nitrogen and oxygen atoms in total. The Morgan fingerprint density at radius 3 is 2.32 bits per heavy atom. The molecule has 0 fully saturated rings. The lowest BCUT2D eigenvalue weighted by molar-refractivity contribution is 0.0679. The van der Waals surface area contributed by atoms with E-state index in [0.717, 1.165) is 27.6 Å². The third-order valence-electron chi connectivity index (χ3n) is 5.35. The number of carbonyl (C=O) groups is 1. The van der Waals surface area contributed by atoms with Gasteiger partial charge < -0.3 is 19.1 Å². The van der Waals surface area contributed by atoms with Crippen LogP contribution >= 0.6 is 11.6 Å². The van der Waals surface area contributed by atoms with Gasteiger partial charge in [0.1, 0.15) is 16.7 Å². The van der Waals surface area contributed by atoms with Crippen molar-refractivity contribution in [2.45, 2.75) is 20.4 Å². The Kier molecular flexibility index (Phi) is 7.36. The van der Waals surface area contributed by atoms with Crippen LogP contribution in [0.4, 0.5) is 0 Å². The monoisotopic (exact) mass is 442 g/mol. The molecule has 0 saturated carbocycles. The maximum Gasteiger partial charge on any atom is 0.254 e. The summed E-state index contributed by atoms with van der Waals surface area (Å²) in [5.41, 5.74) is 4.37. The number of aryl methyl sites for hydroxylation is 2. The third kappa shape index (κ3) is 5.09. The molecule has 0 aliphatic carbocycles. The molecule has 0 atom stereocenters. The second-order valence-electron chi connectivity index (χ2n) is 7.34. The summed E-state index contributed by atoms with van der Waals surface area (Å²) in [5, 5.41) is 1.38. The average molecular weight is 443 g/mol. The topological polar surface area (TPSA) is 60.9 Å². The van der Waals surface area contributed by atoms with Gasteiger partial charge >= 0.3 is 0 Å². The number of ether oxygens (including phenoxy) is 3. The van der Waals surface area contributed by atoms with E-state index in [1.165, 1.54) is 0 Å². The number of amides is 1. The van der Waals surface area contributed by atoms with Crippen LogP contribution in [-0.4, -0.2) is 50.3 Å². The summed E-state index contributed by atoms with van der Waals surface area (Å²) in [6.45, 7) is 5.17. The molecule has 1 heterocycles. The number of carbonyl (C=O) groups excluding carboxylic acids is 1. The summed E-state index contributed by atoms with van der Waals surface area (Å²) in [5.74, 6) is 0.918. The van der Waals surface area contributed by atoms with Crippen molar-refractivity contribution in [1.82, 2.24) is 9.88 Å². The Balaban J connectivity index is 1.97. The van der Waals surface area contributed by atoms with Gasteiger partial charge in [0.2, 0.25) is 0 Å². The molecule has 0 bridgehead atoms. The van der Waals surface area contributed by atoms with Gasteiger partial charge in [-0.25, -0.2) is 4.98 Å². The lowest BCUT2D eigenvalue weighted by Gasteiger charge is -2.24. The standard InChI is InChI=1S/C24H27ClN2O4/c1-15-6-7-17-10-19(23(25)26-22(17)16(15)2)14-27(8-9-29-3)24(28)18-11-20(30-4)13-21(12-18)31-5/h6-7,10-13H,8-9,14H2,1-5H3. The number of benzene rings is 2. The van der Waals surface area contributed by atoms with Crippen LogP contribution < -0.4 is 9.47 Å². The molecule has 7 heteroatoms. The zero-order valence-electron chi connectivity index (χ0n) is 18.5. The van der Waals surface area contributed by atoms with E-state index in [9.17, 15) is 4.79 Å². The quantitative estimate of drug-likeness (QED) is 0.468. The highest BCUT2D eigenvalue weighted by Gasteiger charge is 2.20. The maximum atomic E-state index is 13.4. The fourth-order valence-electron chi connectivity index (χ4n) is 3.39. The van der Waals surface area contributed by atoms with Gasteiger partial charge in [-0.15, -0.1) is 0 Å². The van der Waals surface area contributed by atoms with E-state index in [1.54, 1.807) is 44.4 Å². The number of methoxy groups -OCH3 is 3. The highest BCUT2D eigenvalue weighted by molar-refractivity contribution is 6.30. The molecule has 3 rings (SSSR count). The smallest absolute Gasteiger partial charge is 0.254 e. The second-order valence-corrected chi connectivity index (χ2v) is 7.70. The van der Waals surface area contributed by atoms with Crippen LogP contribution in [0.1, 0.15) is 27.0 Å².